The molecule has 0 aliphatic carbocycles. The Bertz CT molecular complexity index is 559. The summed E-state index contributed by atoms with van der Waals surface area (Å²) in [5, 5.41) is 0. The van der Waals surface area contributed by atoms with Crippen molar-refractivity contribution in [1.82, 2.24) is 0 Å². The van der Waals surface area contributed by atoms with E-state index in [-0.39, 0.29) is 17.9 Å². The molecule has 7 heteroatoms. The van der Waals surface area contributed by atoms with Gasteiger partial charge in [-0.2, -0.15) is 22.0 Å². The third-order valence-electron chi connectivity index (χ3n) is 2.74. The molecule has 2 heterocycles. The second-order valence-corrected chi connectivity index (χ2v) is 3.93. The van der Waals surface area contributed by atoms with Crippen LogP contribution < -0.4 is 4.74 Å². The minimum absolute atomic E-state index is 0.137. The summed E-state index contributed by atoms with van der Waals surface area (Å²) < 4.78 is 73.1. The highest BCUT2D eigenvalue weighted by Crippen LogP contribution is 2.49. The molecular formula is C11H5F5O2. The highest BCUT2D eigenvalue weighted by molar-refractivity contribution is 5.78. The highest BCUT2D eigenvalue weighted by atomic mass is 19.4. The van der Waals surface area contributed by atoms with Gasteiger partial charge >= 0.3 is 12.1 Å². The van der Waals surface area contributed by atoms with Crippen molar-refractivity contribution in [2.24, 2.45) is 0 Å². The molecule has 0 N–H and O–H groups in total. The molecule has 96 valence electrons. The fraction of sp³-hybridized carbons (Fsp3) is 0.273. The third kappa shape index (κ3) is 1.46. The predicted octanol–water partition coefficient (Wildman–Crippen LogP) is 3.43. The van der Waals surface area contributed by atoms with E-state index in [1.54, 1.807) is 0 Å². The van der Waals surface area contributed by atoms with E-state index in [4.69, 9.17) is 9.47 Å². The predicted molar refractivity (Wildman–Crippen MR) is 49.9 cm³/mol. The van der Waals surface area contributed by atoms with E-state index in [1.807, 2.05) is 0 Å². The first-order valence-corrected chi connectivity index (χ1v) is 4.94. The van der Waals surface area contributed by atoms with Gasteiger partial charge in [0.15, 0.2) is 11.5 Å². The van der Waals surface area contributed by atoms with E-state index in [2.05, 4.69) is 0 Å². The minimum Gasteiger partial charge on any atom is -0.485 e. The van der Waals surface area contributed by atoms with Crippen molar-refractivity contribution in [1.29, 1.82) is 0 Å². The molecule has 0 fully saturated rings. The fourth-order valence-electron chi connectivity index (χ4n) is 1.73. The highest BCUT2D eigenvalue weighted by Gasteiger charge is 2.59. The monoisotopic (exact) mass is 264 g/mol. The smallest absolute Gasteiger partial charge is 0.458 e. The van der Waals surface area contributed by atoms with Crippen molar-refractivity contribution in [3.8, 4) is 5.75 Å². The molecule has 18 heavy (non-hydrogen) atoms. The zero-order chi connectivity index (χ0) is 13.1. The maximum absolute atomic E-state index is 13.2. The summed E-state index contributed by atoms with van der Waals surface area (Å²) in [5.74, 6) is -3.85. The van der Waals surface area contributed by atoms with Crippen molar-refractivity contribution >= 4 is 5.76 Å². The van der Waals surface area contributed by atoms with Gasteiger partial charge in [0.2, 0.25) is 0 Å². The van der Waals surface area contributed by atoms with Crippen LogP contribution in [-0.4, -0.2) is 12.8 Å². The van der Waals surface area contributed by atoms with E-state index < -0.39 is 17.7 Å². The topological polar surface area (TPSA) is 21.8 Å². The lowest BCUT2D eigenvalue weighted by atomic mass is 10.0. The SMILES string of the molecule is FC(F)(F)C(F)(F)c1ccc2c(c1)C1=C(CO2)O1. The number of rotatable bonds is 1. The van der Waals surface area contributed by atoms with Gasteiger partial charge in [-0.05, 0) is 18.2 Å². The molecule has 0 bridgehead atoms. The molecule has 0 atom stereocenters. The zero-order valence-corrected chi connectivity index (χ0v) is 8.65. The average molecular weight is 264 g/mol. The molecule has 2 nitrogen and oxygen atoms in total. The molecular weight excluding hydrogens is 259 g/mol. The number of alkyl halides is 5. The molecule has 1 aromatic carbocycles. The van der Waals surface area contributed by atoms with Gasteiger partial charge in [-0.25, -0.2) is 0 Å². The summed E-state index contributed by atoms with van der Waals surface area (Å²) >= 11 is 0. The summed E-state index contributed by atoms with van der Waals surface area (Å²) in [6.07, 6.45) is -5.63. The van der Waals surface area contributed by atoms with Gasteiger partial charge in [0, 0.05) is 5.56 Å². The number of benzene rings is 1. The number of fused-ring (bicyclic) bond motifs is 2. The molecule has 0 aromatic heterocycles. The van der Waals surface area contributed by atoms with Crippen LogP contribution in [0.5, 0.6) is 5.75 Å². The van der Waals surface area contributed by atoms with Crippen molar-refractivity contribution < 1.29 is 31.4 Å². The van der Waals surface area contributed by atoms with Crippen molar-refractivity contribution in [2.75, 3.05) is 6.61 Å². The van der Waals surface area contributed by atoms with Crippen LogP contribution in [0.2, 0.25) is 0 Å². The second kappa shape index (κ2) is 3.15. The Labute approximate surface area is 97.6 Å². The minimum atomic E-state index is -5.63. The summed E-state index contributed by atoms with van der Waals surface area (Å²) in [6, 6.07) is 2.56. The molecule has 0 unspecified atom stereocenters. The molecule has 0 saturated heterocycles. The molecule has 0 radical (unpaired) electrons. The van der Waals surface area contributed by atoms with Gasteiger partial charge in [-0.3, -0.25) is 0 Å². The first-order valence-electron chi connectivity index (χ1n) is 4.94. The molecule has 1 aromatic rings. The number of hydrogen-bond acceptors (Lipinski definition) is 2. The van der Waals surface area contributed by atoms with Crippen LogP contribution >= 0.6 is 0 Å². The fourth-order valence-corrected chi connectivity index (χ4v) is 1.73. The summed E-state index contributed by atoms with van der Waals surface area (Å²) in [7, 11) is 0. The van der Waals surface area contributed by atoms with Gasteiger partial charge < -0.3 is 9.47 Å². The Kier molecular flexibility index (Phi) is 1.98. The number of ether oxygens (including phenoxy) is 2. The van der Waals surface area contributed by atoms with Gasteiger partial charge in [0.25, 0.3) is 0 Å². The number of halogens is 5. The third-order valence-corrected chi connectivity index (χ3v) is 2.74. The lowest BCUT2D eigenvalue weighted by Gasteiger charge is -2.21. The van der Waals surface area contributed by atoms with E-state index in [1.165, 1.54) is 0 Å². The molecule has 0 spiro atoms. The van der Waals surface area contributed by atoms with Crippen LogP contribution in [0.15, 0.2) is 24.0 Å². The lowest BCUT2D eigenvalue weighted by molar-refractivity contribution is -0.289. The largest absolute Gasteiger partial charge is 0.485 e. The molecule has 0 amide bonds. The Hall–Kier alpha value is -1.79. The van der Waals surface area contributed by atoms with E-state index in [0.29, 0.717) is 17.6 Å². The maximum Gasteiger partial charge on any atom is 0.458 e. The Morgan fingerprint density at radius 2 is 1.78 bits per heavy atom. The van der Waals surface area contributed by atoms with Crippen LogP contribution in [0.25, 0.3) is 5.76 Å². The van der Waals surface area contributed by atoms with Crippen LogP contribution in [-0.2, 0) is 10.7 Å². The van der Waals surface area contributed by atoms with Crippen molar-refractivity contribution in [2.45, 2.75) is 12.1 Å². The van der Waals surface area contributed by atoms with Gasteiger partial charge in [0.1, 0.15) is 12.4 Å². The lowest BCUT2D eigenvalue weighted by Crippen LogP contribution is -2.33. The zero-order valence-electron chi connectivity index (χ0n) is 8.65. The van der Waals surface area contributed by atoms with E-state index in [9.17, 15) is 22.0 Å². The van der Waals surface area contributed by atoms with Gasteiger partial charge in [0.05, 0.1) is 5.56 Å². The number of hydrogen-bond donors (Lipinski definition) is 0. The standard InChI is InChI=1S/C11H5F5O2/c12-10(13,11(14,15)16)5-1-2-7-6(3-5)9-8(18-9)4-17-7/h1-3H,4H2. The van der Waals surface area contributed by atoms with Crippen LogP contribution in [0.1, 0.15) is 11.1 Å². The Morgan fingerprint density at radius 3 is 2.44 bits per heavy atom. The quantitative estimate of drug-likeness (QED) is 0.725. The molecule has 2 aliphatic heterocycles. The summed E-state index contributed by atoms with van der Waals surface area (Å²) in [5.41, 5.74) is -0.987. The van der Waals surface area contributed by atoms with Gasteiger partial charge in [-0.1, -0.05) is 0 Å². The van der Waals surface area contributed by atoms with Crippen LogP contribution in [0.3, 0.4) is 0 Å². The van der Waals surface area contributed by atoms with Crippen molar-refractivity contribution in [3.05, 3.63) is 35.1 Å². The molecule has 3 rings (SSSR count). The molecule has 2 aliphatic rings. The Balaban J connectivity index is 2.07. The molecule has 0 saturated carbocycles. The van der Waals surface area contributed by atoms with Crippen LogP contribution in [0.4, 0.5) is 22.0 Å². The average Bonchev–Trinajstić information content (AvgIpc) is 3.06. The van der Waals surface area contributed by atoms with Crippen molar-refractivity contribution in [3.63, 3.8) is 0 Å². The van der Waals surface area contributed by atoms with E-state index in [0.717, 1.165) is 12.1 Å². The summed E-state index contributed by atoms with van der Waals surface area (Å²) in [6.45, 7) is 0.178. The first kappa shape index (κ1) is 11.3. The van der Waals surface area contributed by atoms with E-state index >= 15 is 0 Å². The first-order chi connectivity index (χ1) is 8.30. The van der Waals surface area contributed by atoms with Gasteiger partial charge in [-0.15, -0.1) is 0 Å². The van der Waals surface area contributed by atoms with Crippen LogP contribution in [0, 0.1) is 0 Å². The normalized spacial score (nSPS) is 17.6. The summed E-state index contributed by atoms with van der Waals surface area (Å²) in [4.78, 5) is 0. The Morgan fingerprint density at radius 1 is 1.06 bits per heavy atom. The second-order valence-electron chi connectivity index (χ2n) is 3.93. The maximum atomic E-state index is 13.2.